The van der Waals surface area contributed by atoms with Crippen molar-refractivity contribution < 1.29 is 4.74 Å². The molecule has 0 aromatic carbocycles. The second kappa shape index (κ2) is 5.71. The summed E-state index contributed by atoms with van der Waals surface area (Å²) in [7, 11) is 1.88. The Bertz CT molecular complexity index is 222. The standard InChI is InChI=1S/C15H31NO/c1-12(2)13-7-9-15(17-6,10-8-13)11-16-14(3,4)5/h12-13,16H,7-11H2,1-6H3. The third kappa shape index (κ3) is 4.59. The molecule has 0 radical (unpaired) electrons. The van der Waals surface area contributed by atoms with Crippen LogP contribution in [0.2, 0.25) is 0 Å². The Morgan fingerprint density at radius 2 is 1.76 bits per heavy atom. The first-order valence-corrected chi connectivity index (χ1v) is 7.08. The largest absolute Gasteiger partial charge is 0.377 e. The van der Waals surface area contributed by atoms with E-state index in [9.17, 15) is 0 Å². The molecular weight excluding hydrogens is 210 g/mol. The predicted octanol–water partition coefficient (Wildman–Crippen LogP) is 3.61. The van der Waals surface area contributed by atoms with Gasteiger partial charge in [-0.1, -0.05) is 13.8 Å². The van der Waals surface area contributed by atoms with E-state index in [4.69, 9.17) is 4.74 Å². The maximum Gasteiger partial charge on any atom is 0.0802 e. The molecule has 0 aromatic rings. The van der Waals surface area contributed by atoms with E-state index in [1.165, 1.54) is 25.7 Å². The molecule has 1 aliphatic rings. The van der Waals surface area contributed by atoms with Crippen molar-refractivity contribution >= 4 is 0 Å². The van der Waals surface area contributed by atoms with Gasteiger partial charge in [0, 0.05) is 19.2 Å². The maximum atomic E-state index is 5.84. The molecule has 1 rings (SSSR count). The molecule has 102 valence electrons. The van der Waals surface area contributed by atoms with E-state index < -0.39 is 0 Å². The van der Waals surface area contributed by atoms with Gasteiger partial charge in [0.2, 0.25) is 0 Å². The van der Waals surface area contributed by atoms with Gasteiger partial charge in [0.1, 0.15) is 0 Å². The Morgan fingerprint density at radius 1 is 1.24 bits per heavy atom. The zero-order valence-electron chi connectivity index (χ0n) is 12.6. The summed E-state index contributed by atoms with van der Waals surface area (Å²) in [6.45, 7) is 12.3. The molecule has 0 aromatic heterocycles. The molecule has 0 aliphatic heterocycles. The molecule has 1 aliphatic carbocycles. The van der Waals surface area contributed by atoms with E-state index in [0.717, 1.165) is 18.4 Å². The molecule has 1 fully saturated rings. The summed E-state index contributed by atoms with van der Waals surface area (Å²) in [6, 6.07) is 0. The van der Waals surface area contributed by atoms with E-state index in [2.05, 4.69) is 39.9 Å². The van der Waals surface area contributed by atoms with Gasteiger partial charge in [-0.25, -0.2) is 0 Å². The summed E-state index contributed by atoms with van der Waals surface area (Å²) >= 11 is 0. The average molecular weight is 241 g/mol. The van der Waals surface area contributed by atoms with E-state index in [0.29, 0.717) is 0 Å². The maximum absolute atomic E-state index is 5.84. The number of ether oxygens (including phenoxy) is 1. The minimum absolute atomic E-state index is 0.0820. The highest BCUT2D eigenvalue weighted by Crippen LogP contribution is 2.37. The van der Waals surface area contributed by atoms with Gasteiger partial charge in [-0.3, -0.25) is 0 Å². The molecule has 1 saturated carbocycles. The quantitative estimate of drug-likeness (QED) is 0.812. The van der Waals surface area contributed by atoms with Crippen molar-refractivity contribution in [3.05, 3.63) is 0 Å². The fraction of sp³-hybridized carbons (Fsp3) is 1.00. The second-order valence-electron chi connectivity index (χ2n) is 7.07. The predicted molar refractivity (Wildman–Crippen MR) is 74.3 cm³/mol. The molecule has 17 heavy (non-hydrogen) atoms. The van der Waals surface area contributed by atoms with Crippen LogP contribution in [0.5, 0.6) is 0 Å². The summed E-state index contributed by atoms with van der Waals surface area (Å²) < 4.78 is 5.84. The van der Waals surface area contributed by atoms with Crippen molar-refractivity contribution in [2.45, 2.75) is 71.4 Å². The molecule has 0 heterocycles. The van der Waals surface area contributed by atoms with Crippen LogP contribution in [0.1, 0.15) is 60.3 Å². The molecule has 0 amide bonds. The van der Waals surface area contributed by atoms with E-state index in [1.807, 2.05) is 7.11 Å². The number of rotatable bonds is 4. The molecule has 0 bridgehead atoms. The van der Waals surface area contributed by atoms with Crippen molar-refractivity contribution in [1.82, 2.24) is 5.32 Å². The molecule has 0 saturated heterocycles. The zero-order valence-corrected chi connectivity index (χ0v) is 12.6. The first-order valence-electron chi connectivity index (χ1n) is 7.08. The fourth-order valence-electron chi connectivity index (χ4n) is 2.71. The first kappa shape index (κ1) is 15.0. The number of methoxy groups -OCH3 is 1. The minimum atomic E-state index is 0.0820. The van der Waals surface area contributed by atoms with Crippen LogP contribution in [0.3, 0.4) is 0 Å². The molecule has 2 heteroatoms. The Balaban J connectivity index is 2.49. The highest BCUT2D eigenvalue weighted by molar-refractivity contribution is 4.91. The summed E-state index contributed by atoms with van der Waals surface area (Å²) in [5, 5.41) is 3.60. The van der Waals surface area contributed by atoms with Gasteiger partial charge in [0.25, 0.3) is 0 Å². The van der Waals surface area contributed by atoms with Crippen LogP contribution in [0.25, 0.3) is 0 Å². The van der Waals surface area contributed by atoms with Crippen molar-refractivity contribution in [1.29, 1.82) is 0 Å². The smallest absolute Gasteiger partial charge is 0.0802 e. The average Bonchev–Trinajstić information content (AvgIpc) is 2.26. The van der Waals surface area contributed by atoms with Crippen LogP contribution in [0.4, 0.5) is 0 Å². The van der Waals surface area contributed by atoms with Crippen LogP contribution >= 0.6 is 0 Å². The normalized spacial score (nSPS) is 30.9. The van der Waals surface area contributed by atoms with Gasteiger partial charge in [-0.05, 0) is 58.3 Å². The lowest BCUT2D eigenvalue weighted by Crippen LogP contribution is -2.50. The summed E-state index contributed by atoms with van der Waals surface area (Å²) in [5.41, 5.74) is 0.263. The minimum Gasteiger partial charge on any atom is -0.377 e. The topological polar surface area (TPSA) is 21.3 Å². The van der Waals surface area contributed by atoms with Crippen LogP contribution in [0, 0.1) is 11.8 Å². The molecular formula is C15H31NO. The Kier molecular flexibility index (Phi) is 5.03. The van der Waals surface area contributed by atoms with Crippen molar-refractivity contribution in [2.75, 3.05) is 13.7 Å². The lowest BCUT2D eigenvalue weighted by atomic mass is 9.74. The van der Waals surface area contributed by atoms with Crippen LogP contribution < -0.4 is 5.32 Å². The monoisotopic (exact) mass is 241 g/mol. The number of nitrogens with one attached hydrogen (secondary N) is 1. The van der Waals surface area contributed by atoms with E-state index in [1.54, 1.807) is 0 Å². The summed E-state index contributed by atoms with van der Waals surface area (Å²) in [6.07, 6.45) is 5.04. The highest BCUT2D eigenvalue weighted by Gasteiger charge is 2.36. The first-order chi connectivity index (χ1) is 7.78. The third-order valence-electron chi connectivity index (χ3n) is 4.26. The lowest BCUT2D eigenvalue weighted by molar-refractivity contribution is -0.0545. The van der Waals surface area contributed by atoms with Gasteiger partial charge in [-0.2, -0.15) is 0 Å². The van der Waals surface area contributed by atoms with Crippen LogP contribution in [-0.4, -0.2) is 24.8 Å². The Hall–Kier alpha value is -0.0800. The van der Waals surface area contributed by atoms with Crippen molar-refractivity contribution in [3.63, 3.8) is 0 Å². The molecule has 2 nitrogen and oxygen atoms in total. The molecule has 0 atom stereocenters. The Labute approximate surface area is 108 Å². The van der Waals surface area contributed by atoms with Crippen LogP contribution in [0.15, 0.2) is 0 Å². The van der Waals surface area contributed by atoms with Crippen molar-refractivity contribution in [2.24, 2.45) is 11.8 Å². The number of hydrogen-bond donors (Lipinski definition) is 1. The number of hydrogen-bond acceptors (Lipinski definition) is 2. The van der Waals surface area contributed by atoms with Gasteiger partial charge < -0.3 is 10.1 Å². The summed E-state index contributed by atoms with van der Waals surface area (Å²) in [5.74, 6) is 1.72. The summed E-state index contributed by atoms with van der Waals surface area (Å²) in [4.78, 5) is 0. The van der Waals surface area contributed by atoms with Gasteiger partial charge in [0.05, 0.1) is 5.60 Å². The van der Waals surface area contributed by atoms with Gasteiger partial charge >= 0.3 is 0 Å². The van der Waals surface area contributed by atoms with E-state index in [-0.39, 0.29) is 11.1 Å². The second-order valence-corrected chi connectivity index (χ2v) is 7.07. The SMILES string of the molecule is COC1(CNC(C)(C)C)CCC(C(C)C)CC1. The molecule has 0 spiro atoms. The van der Waals surface area contributed by atoms with Crippen LogP contribution in [-0.2, 0) is 4.74 Å². The highest BCUT2D eigenvalue weighted by atomic mass is 16.5. The Morgan fingerprint density at radius 3 is 2.12 bits per heavy atom. The van der Waals surface area contributed by atoms with Gasteiger partial charge in [0.15, 0.2) is 0 Å². The van der Waals surface area contributed by atoms with Crippen molar-refractivity contribution in [3.8, 4) is 0 Å². The van der Waals surface area contributed by atoms with Gasteiger partial charge in [-0.15, -0.1) is 0 Å². The molecule has 0 unspecified atom stereocenters. The molecule has 1 N–H and O–H groups in total. The lowest BCUT2D eigenvalue weighted by Gasteiger charge is -2.42. The third-order valence-corrected chi connectivity index (χ3v) is 4.26. The van der Waals surface area contributed by atoms with E-state index >= 15 is 0 Å². The zero-order chi connectivity index (χ0) is 13.1. The fourth-order valence-corrected chi connectivity index (χ4v) is 2.71.